The molecule has 2 N–H and O–H groups in total. The number of carbonyl (C=O) groups excluding carboxylic acids is 1. The molecular formula is C27H31N3O3. The number of H-pyrrole nitrogens is 1. The van der Waals surface area contributed by atoms with E-state index in [0.29, 0.717) is 25.4 Å². The van der Waals surface area contributed by atoms with Gasteiger partial charge in [0.05, 0.1) is 13.0 Å². The van der Waals surface area contributed by atoms with Crippen LogP contribution in [0.25, 0.3) is 16.5 Å². The van der Waals surface area contributed by atoms with E-state index in [1.807, 2.05) is 43.0 Å². The largest absolute Gasteiger partial charge is 0.497 e. The molecule has 5 rings (SSSR count). The normalized spacial score (nSPS) is 20.8. The summed E-state index contributed by atoms with van der Waals surface area (Å²) in [6.45, 7) is 5.84. The molecule has 3 unspecified atom stereocenters. The van der Waals surface area contributed by atoms with Gasteiger partial charge in [0.1, 0.15) is 12.0 Å². The Kier molecular flexibility index (Phi) is 5.72. The van der Waals surface area contributed by atoms with Gasteiger partial charge in [-0.15, -0.1) is 0 Å². The van der Waals surface area contributed by atoms with Crippen LogP contribution in [-0.2, 0) is 11.2 Å². The van der Waals surface area contributed by atoms with Crippen molar-refractivity contribution < 1.29 is 14.6 Å². The maximum absolute atomic E-state index is 13.4. The minimum atomic E-state index is -0.847. The van der Waals surface area contributed by atoms with E-state index in [0.717, 1.165) is 28.6 Å². The van der Waals surface area contributed by atoms with Crippen molar-refractivity contribution in [3.05, 3.63) is 71.4 Å². The van der Waals surface area contributed by atoms with Gasteiger partial charge in [-0.3, -0.25) is 9.69 Å². The second kappa shape index (κ2) is 8.69. The van der Waals surface area contributed by atoms with E-state index in [1.54, 1.807) is 7.11 Å². The topological polar surface area (TPSA) is 68.8 Å². The van der Waals surface area contributed by atoms with E-state index in [-0.39, 0.29) is 17.9 Å². The maximum atomic E-state index is 13.4. The lowest BCUT2D eigenvalue weighted by Crippen LogP contribution is -2.50. The first-order valence-electron chi connectivity index (χ1n) is 11.7. The smallest absolute Gasteiger partial charge is 0.230 e. The number of aliphatic hydroxyl groups is 1. The second-order valence-corrected chi connectivity index (χ2v) is 8.85. The van der Waals surface area contributed by atoms with Crippen molar-refractivity contribution in [3.8, 4) is 5.75 Å². The van der Waals surface area contributed by atoms with E-state index < -0.39 is 6.23 Å². The first-order valence-corrected chi connectivity index (χ1v) is 11.7. The summed E-state index contributed by atoms with van der Waals surface area (Å²) in [5.74, 6) is 0.504. The van der Waals surface area contributed by atoms with Gasteiger partial charge in [0.15, 0.2) is 0 Å². The number of aromatic nitrogens is 1. The molecule has 0 fully saturated rings. The number of rotatable bonds is 6. The summed E-state index contributed by atoms with van der Waals surface area (Å²) in [6, 6.07) is 13.8. The van der Waals surface area contributed by atoms with Gasteiger partial charge in [-0.1, -0.05) is 30.3 Å². The predicted octanol–water partition coefficient (Wildman–Crippen LogP) is 3.98. The first-order chi connectivity index (χ1) is 16.0. The lowest BCUT2D eigenvalue weighted by molar-refractivity contribution is -0.135. The Balaban J connectivity index is 1.61. The van der Waals surface area contributed by atoms with E-state index in [9.17, 15) is 9.90 Å². The fourth-order valence-corrected chi connectivity index (χ4v) is 5.46. The Morgan fingerprint density at radius 1 is 1.24 bits per heavy atom. The molecule has 0 saturated heterocycles. The Hall–Kier alpha value is -3.09. The molecule has 0 radical (unpaired) electrons. The molecule has 33 heavy (non-hydrogen) atoms. The number of nitrogens with zero attached hydrogens (tertiary/aromatic N) is 2. The number of hydrogen-bond acceptors (Lipinski definition) is 4. The molecule has 1 aliphatic carbocycles. The fourth-order valence-electron chi connectivity index (χ4n) is 5.46. The van der Waals surface area contributed by atoms with Crippen LogP contribution in [0.5, 0.6) is 5.75 Å². The number of carbonyl (C=O) groups is 1. The predicted molar refractivity (Wildman–Crippen MR) is 130 cm³/mol. The van der Waals surface area contributed by atoms with Crippen molar-refractivity contribution in [2.75, 3.05) is 26.7 Å². The van der Waals surface area contributed by atoms with Gasteiger partial charge in [-0.2, -0.15) is 0 Å². The molecule has 0 spiro atoms. The van der Waals surface area contributed by atoms with Crippen LogP contribution < -0.4 is 4.74 Å². The number of amides is 1. The van der Waals surface area contributed by atoms with Gasteiger partial charge < -0.3 is 19.7 Å². The van der Waals surface area contributed by atoms with E-state index in [4.69, 9.17) is 4.74 Å². The lowest BCUT2D eigenvalue weighted by Gasteiger charge is -2.44. The highest BCUT2D eigenvalue weighted by Crippen LogP contribution is 2.43. The molecule has 0 saturated carbocycles. The van der Waals surface area contributed by atoms with Crippen LogP contribution >= 0.6 is 0 Å². The minimum Gasteiger partial charge on any atom is -0.497 e. The molecule has 2 aromatic carbocycles. The first kappa shape index (κ1) is 21.7. The number of aromatic amines is 1. The maximum Gasteiger partial charge on any atom is 0.230 e. The van der Waals surface area contributed by atoms with Gasteiger partial charge in [-0.25, -0.2) is 0 Å². The van der Waals surface area contributed by atoms with Crippen molar-refractivity contribution in [3.63, 3.8) is 0 Å². The third-order valence-corrected chi connectivity index (χ3v) is 7.16. The monoisotopic (exact) mass is 445 g/mol. The van der Waals surface area contributed by atoms with Crippen molar-refractivity contribution in [2.24, 2.45) is 5.92 Å². The molecule has 2 heterocycles. The second-order valence-electron chi connectivity index (χ2n) is 8.85. The van der Waals surface area contributed by atoms with E-state index in [1.165, 1.54) is 10.9 Å². The standard InChI is InChI=1S/C27H31N3O3/c1-4-29(5-2)26(31)19-13-22-21-10-7-11-23-25(21)18(15-28-23)14-24(22)30(16-19)27(32)17-8-6-9-20(12-17)33-3/h6-13,15,19,24,27-28,32H,4-5,14,16H2,1-3H3. The molecule has 0 bridgehead atoms. The summed E-state index contributed by atoms with van der Waals surface area (Å²) in [5, 5.41) is 12.8. The van der Waals surface area contributed by atoms with Crippen LogP contribution in [0, 0.1) is 5.92 Å². The zero-order valence-electron chi connectivity index (χ0n) is 19.4. The Morgan fingerprint density at radius 3 is 2.79 bits per heavy atom. The van der Waals surface area contributed by atoms with Gasteiger partial charge in [0.25, 0.3) is 0 Å². The Labute approximate surface area is 194 Å². The van der Waals surface area contributed by atoms with Gasteiger partial charge >= 0.3 is 0 Å². The van der Waals surface area contributed by atoms with Gasteiger partial charge in [0.2, 0.25) is 5.91 Å². The third-order valence-electron chi connectivity index (χ3n) is 7.16. The number of nitrogens with one attached hydrogen (secondary N) is 1. The van der Waals surface area contributed by atoms with Crippen LogP contribution in [0.4, 0.5) is 0 Å². The van der Waals surface area contributed by atoms with Gasteiger partial charge in [-0.05, 0) is 60.7 Å². The van der Waals surface area contributed by atoms with Crippen molar-refractivity contribution in [2.45, 2.75) is 32.5 Å². The Bertz CT molecular complexity index is 1210. The highest BCUT2D eigenvalue weighted by molar-refractivity contribution is 5.99. The molecular weight excluding hydrogens is 414 g/mol. The molecule has 1 aliphatic heterocycles. The van der Waals surface area contributed by atoms with Crippen LogP contribution in [-0.4, -0.2) is 58.6 Å². The minimum absolute atomic E-state index is 0.0131. The van der Waals surface area contributed by atoms with E-state index in [2.05, 4.69) is 40.4 Å². The van der Waals surface area contributed by atoms with Crippen LogP contribution in [0.15, 0.2) is 54.7 Å². The van der Waals surface area contributed by atoms with Crippen LogP contribution in [0.1, 0.15) is 36.8 Å². The summed E-state index contributed by atoms with van der Waals surface area (Å²) in [5.41, 5.74) is 5.41. The van der Waals surface area contributed by atoms with Crippen molar-refractivity contribution in [1.82, 2.24) is 14.8 Å². The summed E-state index contributed by atoms with van der Waals surface area (Å²) in [7, 11) is 1.63. The molecule has 1 aromatic heterocycles. The van der Waals surface area contributed by atoms with Crippen molar-refractivity contribution in [1.29, 1.82) is 0 Å². The van der Waals surface area contributed by atoms with Crippen LogP contribution in [0.2, 0.25) is 0 Å². The number of aliphatic hydroxyl groups excluding tert-OH is 1. The zero-order valence-corrected chi connectivity index (χ0v) is 19.4. The number of methoxy groups -OCH3 is 1. The molecule has 6 nitrogen and oxygen atoms in total. The molecule has 3 atom stereocenters. The fraction of sp³-hybridized carbons (Fsp3) is 0.370. The number of fused-ring (bicyclic) bond motifs is 2. The SMILES string of the molecule is CCN(CC)C(=O)C1C=C2c3cccc4[nH]cc(c34)CC2N(C(O)c2cccc(OC)c2)C1. The summed E-state index contributed by atoms with van der Waals surface area (Å²) < 4.78 is 5.39. The molecule has 6 heteroatoms. The third kappa shape index (κ3) is 3.63. The highest BCUT2D eigenvalue weighted by Gasteiger charge is 2.40. The zero-order chi connectivity index (χ0) is 23.1. The quantitative estimate of drug-likeness (QED) is 0.602. The van der Waals surface area contributed by atoms with E-state index >= 15 is 0 Å². The number of ether oxygens (including phenoxy) is 1. The molecule has 2 aliphatic rings. The lowest BCUT2D eigenvalue weighted by atomic mass is 9.79. The summed E-state index contributed by atoms with van der Waals surface area (Å²) in [4.78, 5) is 20.8. The average Bonchev–Trinajstić information content (AvgIpc) is 3.28. The number of benzene rings is 2. The average molecular weight is 446 g/mol. The van der Waals surface area contributed by atoms with Crippen LogP contribution in [0.3, 0.4) is 0 Å². The molecule has 1 amide bonds. The summed E-state index contributed by atoms with van der Waals surface area (Å²) >= 11 is 0. The Morgan fingerprint density at radius 2 is 2.03 bits per heavy atom. The number of hydrogen-bond donors (Lipinski definition) is 2. The summed E-state index contributed by atoms with van der Waals surface area (Å²) in [6.07, 6.45) is 4.18. The highest BCUT2D eigenvalue weighted by atomic mass is 16.5. The van der Waals surface area contributed by atoms with Gasteiger partial charge in [0, 0.05) is 42.8 Å². The van der Waals surface area contributed by atoms with Crippen molar-refractivity contribution >= 4 is 22.4 Å². The molecule has 172 valence electrons. The molecule has 3 aromatic rings.